The van der Waals surface area contributed by atoms with E-state index in [1.807, 2.05) is 0 Å². The van der Waals surface area contributed by atoms with Gasteiger partial charge in [0.05, 0.1) is 19.3 Å². The molecule has 0 aliphatic rings. The molecule has 1 aromatic heterocycles. The number of hydrogen-bond donors (Lipinski definition) is 0. The van der Waals surface area contributed by atoms with E-state index in [4.69, 9.17) is 9.47 Å². The van der Waals surface area contributed by atoms with E-state index in [9.17, 15) is 4.79 Å². The van der Waals surface area contributed by atoms with E-state index >= 15 is 0 Å². The minimum absolute atomic E-state index is 0.451. The largest absolute Gasteiger partial charge is 0.493 e. The fraction of sp³-hybridized carbons (Fsp3) is 0.500. The smallest absolute Gasteiger partial charge is 0.191 e. The molecule has 0 aliphatic carbocycles. The molecule has 1 aromatic carbocycles. The number of unbranched alkanes of at least 4 members (excludes halogenated alkanes) is 1. The molecule has 0 amide bonds. The number of methoxy groups -OCH3 is 1. The lowest BCUT2D eigenvalue weighted by molar-refractivity contribution is 0.111. The highest BCUT2D eigenvalue weighted by Crippen LogP contribution is 2.30. The van der Waals surface area contributed by atoms with Crippen LogP contribution >= 0.6 is 11.8 Å². The summed E-state index contributed by atoms with van der Waals surface area (Å²) in [6.07, 6.45) is 4.00. The highest BCUT2D eigenvalue weighted by Gasteiger charge is 2.12. The molecule has 0 atom stereocenters. The van der Waals surface area contributed by atoms with Crippen molar-refractivity contribution in [2.45, 2.75) is 44.8 Å². The van der Waals surface area contributed by atoms with Crippen LogP contribution in [0.2, 0.25) is 0 Å². The molecule has 0 aliphatic heterocycles. The molecule has 1 heterocycles. The van der Waals surface area contributed by atoms with Crippen molar-refractivity contribution in [3.8, 4) is 11.5 Å². The lowest BCUT2D eigenvalue weighted by atomic mass is 10.2. The second kappa shape index (κ2) is 10.1. The Morgan fingerprint density at radius 1 is 1.28 bits per heavy atom. The number of para-hydroxylation sites is 1. The number of hydrogen-bond acceptors (Lipinski definition) is 6. The highest BCUT2D eigenvalue weighted by atomic mass is 32.2. The van der Waals surface area contributed by atoms with Gasteiger partial charge in [0.25, 0.3) is 0 Å². The van der Waals surface area contributed by atoms with Crippen molar-refractivity contribution in [1.82, 2.24) is 14.8 Å². The van der Waals surface area contributed by atoms with E-state index in [0.717, 1.165) is 43.1 Å². The van der Waals surface area contributed by atoms with Crippen molar-refractivity contribution in [1.29, 1.82) is 0 Å². The molecule has 7 heteroatoms. The third-order valence-electron chi connectivity index (χ3n) is 3.78. The zero-order chi connectivity index (χ0) is 18.1. The van der Waals surface area contributed by atoms with Crippen LogP contribution < -0.4 is 9.47 Å². The molecular weight excluding hydrogens is 338 g/mol. The Morgan fingerprint density at radius 3 is 2.80 bits per heavy atom. The molecule has 136 valence electrons. The number of carbonyl (C=O) groups is 1. The zero-order valence-electron chi connectivity index (χ0n) is 15.0. The topological polar surface area (TPSA) is 66.2 Å². The Labute approximate surface area is 152 Å². The van der Waals surface area contributed by atoms with Crippen LogP contribution in [-0.4, -0.2) is 40.5 Å². The van der Waals surface area contributed by atoms with Gasteiger partial charge in [-0.2, -0.15) is 0 Å². The Bertz CT molecular complexity index is 688. The van der Waals surface area contributed by atoms with Gasteiger partial charge in [0.1, 0.15) is 5.82 Å². The van der Waals surface area contributed by atoms with Crippen LogP contribution in [0.15, 0.2) is 23.4 Å². The standard InChI is InChI=1S/C18H25N3O3S/c1-4-6-10-16-19-20-18(21(16)5-2)25-12-11-24-17-14(13-22)8-7-9-15(17)23-3/h7-9,13H,4-6,10-12H2,1-3H3. The van der Waals surface area contributed by atoms with E-state index in [1.54, 1.807) is 37.1 Å². The normalized spacial score (nSPS) is 10.7. The number of thioether (sulfide) groups is 1. The highest BCUT2D eigenvalue weighted by molar-refractivity contribution is 7.99. The number of nitrogens with zero attached hydrogens (tertiary/aromatic N) is 3. The Balaban J connectivity index is 1.94. The molecule has 0 spiro atoms. The SMILES string of the molecule is CCCCc1nnc(SCCOc2c(C=O)cccc2OC)n1CC. The maximum absolute atomic E-state index is 11.2. The molecule has 0 saturated carbocycles. The number of ether oxygens (including phenoxy) is 2. The summed E-state index contributed by atoms with van der Waals surface area (Å²) in [5, 5.41) is 9.50. The number of aldehydes is 1. The molecule has 6 nitrogen and oxygen atoms in total. The minimum atomic E-state index is 0.451. The summed E-state index contributed by atoms with van der Waals surface area (Å²) >= 11 is 1.61. The van der Waals surface area contributed by atoms with Gasteiger partial charge in [0.2, 0.25) is 0 Å². The third kappa shape index (κ3) is 4.98. The van der Waals surface area contributed by atoms with Crippen molar-refractivity contribution in [3.05, 3.63) is 29.6 Å². The summed E-state index contributed by atoms with van der Waals surface area (Å²) in [6, 6.07) is 5.26. The number of aryl methyl sites for hydroxylation is 1. The van der Waals surface area contributed by atoms with Crippen LogP contribution in [0.1, 0.15) is 42.9 Å². The molecular formula is C18H25N3O3S. The van der Waals surface area contributed by atoms with Gasteiger partial charge in [-0.1, -0.05) is 31.2 Å². The van der Waals surface area contributed by atoms with Crippen molar-refractivity contribution in [3.63, 3.8) is 0 Å². The maximum atomic E-state index is 11.2. The molecule has 0 radical (unpaired) electrons. The molecule has 2 rings (SSSR count). The molecule has 0 saturated heterocycles. The van der Waals surface area contributed by atoms with Crippen molar-refractivity contribution >= 4 is 18.0 Å². The lowest BCUT2D eigenvalue weighted by Gasteiger charge is -2.12. The molecule has 0 bridgehead atoms. The van der Waals surface area contributed by atoms with Gasteiger partial charge < -0.3 is 14.0 Å². The fourth-order valence-electron chi connectivity index (χ4n) is 2.48. The first kappa shape index (κ1) is 19.3. The van der Waals surface area contributed by atoms with Crippen LogP contribution in [0, 0.1) is 0 Å². The second-order valence-electron chi connectivity index (χ2n) is 5.44. The monoisotopic (exact) mass is 363 g/mol. The van der Waals surface area contributed by atoms with E-state index in [2.05, 4.69) is 28.6 Å². The van der Waals surface area contributed by atoms with Gasteiger partial charge in [-0.15, -0.1) is 10.2 Å². The van der Waals surface area contributed by atoms with Gasteiger partial charge in [0, 0.05) is 18.7 Å². The van der Waals surface area contributed by atoms with E-state index in [1.165, 1.54) is 0 Å². The van der Waals surface area contributed by atoms with E-state index in [-0.39, 0.29) is 0 Å². The van der Waals surface area contributed by atoms with Crippen LogP contribution in [0.4, 0.5) is 0 Å². The van der Waals surface area contributed by atoms with Gasteiger partial charge >= 0.3 is 0 Å². The zero-order valence-corrected chi connectivity index (χ0v) is 15.8. The summed E-state index contributed by atoms with van der Waals surface area (Å²) in [7, 11) is 1.56. The van der Waals surface area contributed by atoms with Gasteiger partial charge in [-0.25, -0.2) is 0 Å². The van der Waals surface area contributed by atoms with Crippen LogP contribution in [0.3, 0.4) is 0 Å². The van der Waals surface area contributed by atoms with Crippen molar-refractivity contribution < 1.29 is 14.3 Å². The number of carbonyl (C=O) groups excluding carboxylic acids is 1. The van der Waals surface area contributed by atoms with Gasteiger partial charge in [0.15, 0.2) is 22.9 Å². The summed E-state index contributed by atoms with van der Waals surface area (Å²) in [4.78, 5) is 11.2. The predicted molar refractivity (Wildman–Crippen MR) is 98.9 cm³/mol. The average molecular weight is 363 g/mol. The molecule has 0 unspecified atom stereocenters. The second-order valence-corrected chi connectivity index (χ2v) is 6.50. The van der Waals surface area contributed by atoms with E-state index in [0.29, 0.717) is 29.4 Å². The van der Waals surface area contributed by atoms with Gasteiger partial charge in [-0.3, -0.25) is 4.79 Å². The quantitative estimate of drug-likeness (QED) is 0.345. The number of aromatic nitrogens is 3. The first-order valence-electron chi connectivity index (χ1n) is 8.54. The predicted octanol–water partition coefficient (Wildman–Crippen LogP) is 3.63. The summed E-state index contributed by atoms with van der Waals surface area (Å²) < 4.78 is 13.2. The first-order valence-corrected chi connectivity index (χ1v) is 9.53. The Morgan fingerprint density at radius 2 is 2.12 bits per heavy atom. The maximum Gasteiger partial charge on any atom is 0.191 e. The van der Waals surface area contributed by atoms with E-state index < -0.39 is 0 Å². The summed E-state index contributed by atoms with van der Waals surface area (Å²) in [5.74, 6) is 2.80. The Hall–Kier alpha value is -2.02. The van der Waals surface area contributed by atoms with Crippen molar-refractivity contribution in [2.24, 2.45) is 0 Å². The molecule has 2 aromatic rings. The Kier molecular flexibility index (Phi) is 7.78. The lowest BCUT2D eigenvalue weighted by Crippen LogP contribution is -2.06. The number of benzene rings is 1. The van der Waals surface area contributed by atoms with Crippen molar-refractivity contribution in [2.75, 3.05) is 19.5 Å². The minimum Gasteiger partial charge on any atom is -0.493 e. The first-order chi connectivity index (χ1) is 12.2. The third-order valence-corrected chi connectivity index (χ3v) is 4.71. The summed E-state index contributed by atoms with van der Waals surface area (Å²) in [5.41, 5.74) is 0.489. The molecule has 0 fully saturated rings. The van der Waals surface area contributed by atoms with Crippen LogP contribution in [-0.2, 0) is 13.0 Å². The van der Waals surface area contributed by atoms with Gasteiger partial charge in [-0.05, 0) is 25.5 Å². The average Bonchev–Trinajstić information content (AvgIpc) is 3.04. The fourth-order valence-corrected chi connectivity index (χ4v) is 3.32. The summed E-state index contributed by atoms with van der Waals surface area (Å²) in [6.45, 7) is 5.58. The number of rotatable bonds is 11. The van der Waals surface area contributed by atoms with Crippen LogP contribution in [0.5, 0.6) is 11.5 Å². The molecule has 25 heavy (non-hydrogen) atoms. The molecule has 0 N–H and O–H groups in total. The van der Waals surface area contributed by atoms with Crippen LogP contribution in [0.25, 0.3) is 0 Å².